The van der Waals surface area contributed by atoms with Gasteiger partial charge in [0.15, 0.2) is 0 Å². The Balaban J connectivity index is 2.23. The summed E-state index contributed by atoms with van der Waals surface area (Å²) in [5.41, 5.74) is 2.93. The van der Waals surface area contributed by atoms with Gasteiger partial charge in [0.2, 0.25) is 0 Å². The highest BCUT2D eigenvalue weighted by atomic mass is 16.5. The van der Waals surface area contributed by atoms with Crippen LogP contribution in [0, 0.1) is 0 Å². The van der Waals surface area contributed by atoms with Crippen molar-refractivity contribution in [1.82, 2.24) is 5.32 Å². The van der Waals surface area contributed by atoms with E-state index in [1.807, 2.05) is 7.05 Å². The first kappa shape index (κ1) is 11.6. The van der Waals surface area contributed by atoms with E-state index in [0.29, 0.717) is 6.04 Å². The zero-order valence-corrected chi connectivity index (χ0v) is 10.2. The van der Waals surface area contributed by atoms with E-state index >= 15 is 0 Å². The van der Waals surface area contributed by atoms with Crippen LogP contribution in [0.2, 0.25) is 0 Å². The van der Waals surface area contributed by atoms with Crippen LogP contribution in [0.1, 0.15) is 42.3 Å². The van der Waals surface area contributed by atoms with Crippen LogP contribution in [-0.2, 0) is 4.74 Å². The minimum atomic E-state index is 0.321. The molecular formula is C14H21NO. The number of likely N-dealkylation sites (N-methyl/N-ethyl adjacent to an activating group) is 1. The fourth-order valence-corrected chi connectivity index (χ4v) is 2.41. The number of rotatable bonds is 5. The molecule has 0 heterocycles. The van der Waals surface area contributed by atoms with Gasteiger partial charge in [0.05, 0.1) is 12.6 Å². The average Bonchev–Trinajstić information content (AvgIpc) is 2.25. The summed E-state index contributed by atoms with van der Waals surface area (Å²) in [4.78, 5) is 0. The van der Waals surface area contributed by atoms with Gasteiger partial charge in [0.25, 0.3) is 0 Å². The van der Waals surface area contributed by atoms with E-state index in [9.17, 15) is 0 Å². The van der Waals surface area contributed by atoms with Gasteiger partial charge in [-0.25, -0.2) is 0 Å². The van der Waals surface area contributed by atoms with Crippen molar-refractivity contribution in [2.45, 2.75) is 31.2 Å². The average molecular weight is 219 g/mol. The number of methoxy groups -OCH3 is 1. The van der Waals surface area contributed by atoms with Crippen molar-refractivity contribution >= 4 is 0 Å². The van der Waals surface area contributed by atoms with E-state index in [4.69, 9.17) is 4.74 Å². The molecule has 0 spiro atoms. The van der Waals surface area contributed by atoms with Gasteiger partial charge >= 0.3 is 0 Å². The largest absolute Gasteiger partial charge is 0.383 e. The van der Waals surface area contributed by atoms with Crippen LogP contribution < -0.4 is 5.32 Å². The normalized spacial score (nSPS) is 18.1. The Bertz CT molecular complexity index is 333. The lowest BCUT2D eigenvalue weighted by Crippen LogP contribution is -2.24. The molecule has 2 rings (SSSR count). The smallest absolute Gasteiger partial charge is 0.0657 e. The number of nitrogens with one attached hydrogen (secondary N) is 1. The van der Waals surface area contributed by atoms with Gasteiger partial charge in [-0.1, -0.05) is 30.7 Å². The van der Waals surface area contributed by atoms with Crippen molar-refractivity contribution in [1.29, 1.82) is 0 Å². The molecule has 1 unspecified atom stereocenters. The zero-order valence-electron chi connectivity index (χ0n) is 10.2. The Morgan fingerprint density at radius 1 is 1.38 bits per heavy atom. The van der Waals surface area contributed by atoms with E-state index in [2.05, 4.69) is 29.6 Å². The standard InChI is InChI=1S/C14H21NO/c1-15-14(10-16-2)13-9-4-3-8-12(13)11-6-5-7-11/h3-4,8-9,11,14-15H,5-7,10H2,1-2H3. The van der Waals surface area contributed by atoms with E-state index in [0.717, 1.165) is 12.5 Å². The van der Waals surface area contributed by atoms with E-state index < -0.39 is 0 Å². The van der Waals surface area contributed by atoms with Crippen molar-refractivity contribution in [3.05, 3.63) is 35.4 Å². The molecule has 88 valence electrons. The number of hydrogen-bond acceptors (Lipinski definition) is 2. The Kier molecular flexibility index (Phi) is 3.97. The van der Waals surface area contributed by atoms with E-state index in [1.165, 1.54) is 30.4 Å². The SMILES string of the molecule is CNC(COC)c1ccccc1C1CCC1. The minimum Gasteiger partial charge on any atom is -0.383 e. The molecule has 1 N–H and O–H groups in total. The molecule has 1 aliphatic carbocycles. The lowest BCUT2D eigenvalue weighted by Gasteiger charge is -2.30. The maximum Gasteiger partial charge on any atom is 0.0657 e. The first-order valence-corrected chi connectivity index (χ1v) is 6.12. The molecule has 1 aliphatic rings. The van der Waals surface area contributed by atoms with Crippen molar-refractivity contribution in [2.75, 3.05) is 20.8 Å². The van der Waals surface area contributed by atoms with Crippen molar-refractivity contribution in [2.24, 2.45) is 0 Å². The molecule has 0 bridgehead atoms. The van der Waals surface area contributed by atoms with Gasteiger partial charge in [-0.05, 0) is 36.9 Å². The molecule has 1 aromatic carbocycles. The van der Waals surface area contributed by atoms with Gasteiger partial charge in [0, 0.05) is 7.11 Å². The second-order valence-corrected chi connectivity index (χ2v) is 4.55. The lowest BCUT2D eigenvalue weighted by molar-refractivity contribution is 0.169. The molecule has 0 amide bonds. The summed E-state index contributed by atoms with van der Waals surface area (Å²) in [6.07, 6.45) is 4.08. The van der Waals surface area contributed by atoms with Gasteiger partial charge in [-0.2, -0.15) is 0 Å². The van der Waals surface area contributed by atoms with E-state index in [1.54, 1.807) is 7.11 Å². The van der Waals surface area contributed by atoms with Gasteiger partial charge in [-0.15, -0.1) is 0 Å². The number of benzene rings is 1. The summed E-state index contributed by atoms with van der Waals surface area (Å²) in [5, 5.41) is 3.34. The minimum absolute atomic E-state index is 0.321. The molecule has 0 radical (unpaired) electrons. The molecule has 2 heteroatoms. The van der Waals surface area contributed by atoms with Crippen molar-refractivity contribution in [3.63, 3.8) is 0 Å². The third-order valence-corrected chi connectivity index (χ3v) is 3.60. The van der Waals surface area contributed by atoms with Crippen LogP contribution in [0.15, 0.2) is 24.3 Å². The molecule has 1 aromatic rings. The highest BCUT2D eigenvalue weighted by Gasteiger charge is 2.24. The van der Waals surface area contributed by atoms with Crippen LogP contribution in [0.25, 0.3) is 0 Å². The third kappa shape index (κ3) is 2.28. The molecule has 1 fully saturated rings. The summed E-state index contributed by atoms with van der Waals surface area (Å²) in [5.74, 6) is 0.781. The maximum atomic E-state index is 5.27. The monoisotopic (exact) mass is 219 g/mol. The predicted octanol–water partition coefficient (Wildman–Crippen LogP) is 2.86. The summed E-state index contributed by atoms with van der Waals surface area (Å²) >= 11 is 0. The van der Waals surface area contributed by atoms with Crippen LogP contribution in [-0.4, -0.2) is 20.8 Å². The Morgan fingerprint density at radius 3 is 2.69 bits per heavy atom. The summed E-state index contributed by atoms with van der Waals surface area (Å²) in [6.45, 7) is 0.736. The first-order valence-electron chi connectivity index (χ1n) is 6.12. The Morgan fingerprint density at radius 2 is 2.12 bits per heavy atom. The fourth-order valence-electron chi connectivity index (χ4n) is 2.41. The van der Waals surface area contributed by atoms with Crippen LogP contribution in [0.5, 0.6) is 0 Å². The second-order valence-electron chi connectivity index (χ2n) is 4.55. The molecule has 16 heavy (non-hydrogen) atoms. The van der Waals surface area contributed by atoms with Crippen LogP contribution in [0.4, 0.5) is 0 Å². The summed E-state index contributed by atoms with van der Waals surface area (Å²) < 4.78 is 5.27. The molecule has 0 aliphatic heterocycles. The summed E-state index contributed by atoms with van der Waals surface area (Å²) in [6, 6.07) is 9.10. The molecule has 1 saturated carbocycles. The predicted molar refractivity (Wildman–Crippen MR) is 66.7 cm³/mol. The van der Waals surface area contributed by atoms with Gasteiger partial charge < -0.3 is 10.1 Å². The molecule has 0 aromatic heterocycles. The van der Waals surface area contributed by atoms with Crippen LogP contribution in [0.3, 0.4) is 0 Å². The fraction of sp³-hybridized carbons (Fsp3) is 0.571. The molecule has 1 atom stereocenters. The molecule has 0 saturated heterocycles. The third-order valence-electron chi connectivity index (χ3n) is 3.60. The highest BCUT2D eigenvalue weighted by Crippen LogP contribution is 2.39. The topological polar surface area (TPSA) is 21.3 Å². The number of ether oxygens (including phenoxy) is 1. The quantitative estimate of drug-likeness (QED) is 0.822. The molecule has 2 nitrogen and oxygen atoms in total. The summed E-state index contributed by atoms with van der Waals surface area (Å²) in [7, 11) is 3.76. The first-order chi connectivity index (χ1) is 7.86. The van der Waals surface area contributed by atoms with E-state index in [-0.39, 0.29) is 0 Å². The second kappa shape index (κ2) is 5.46. The zero-order chi connectivity index (χ0) is 11.4. The Hall–Kier alpha value is -0.860. The lowest BCUT2D eigenvalue weighted by atomic mass is 9.77. The van der Waals surface area contributed by atoms with Crippen LogP contribution >= 0.6 is 0 Å². The highest BCUT2D eigenvalue weighted by molar-refractivity contribution is 5.34. The van der Waals surface area contributed by atoms with Crippen molar-refractivity contribution in [3.8, 4) is 0 Å². The number of hydrogen-bond donors (Lipinski definition) is 1. The van der Waals surface area contributed by atoms with Gasteiger partial charge in [-0.3, -0.25) is 0 Å². The maximum absolute atomic E-state index is 5.27. The molecular weight excluding hydrogens is 198 g/mol. The van der Waals surface area contributed by atoms with Crippen molar-refractivity contribution < 1.29 is 4.74 Å². The van der Waals surface area contributed by atoms with Gasteiger partial charge in [0.1, 0.15) is 0 Å². The Labute approximate surface area is 98.0 Å².